The molecule has 21 heavy (non-hydrogen) atoms. The Labute approximate surface area is 133 Å². The molecule has 2 aromatic carbocycles. The summed E-state index contributed by atoms with van der Waals surface area (Å²) in [6.45, 7) is 2.67. The zero-order valence-corrected chi connectivity index (χ0v) is 13.9. The average Bonchev–Trinajstić information content (AvgIpc) is 2.46. The maximum Gasteiger partial charge on any atom is 0.261 e. The Bertz CT molecular complexity index is 699. The Morgan fingerprint density at radius 1 is 1.14 bits per heavy atom. The Balaban J connectivity index is 2.13. The summed E-state index contributed by atoms with van der Waals surface area (Å²) in [5.74, 6) is 0.724. The molecule has 2 aromatic rings. The van der Waals surface area contributed by atoms with Crippen LogP contribution in [0, 0.1) is 0 Å². The highest BCUT2D eigenvalue weighted by Gasteiger charge is 2.14. The van der Waals surface area contributed by atoms with Crippen LogP contribution in [0.25, 0.3) is 0 Å². The summed E-state index contributed by atoms with van der Waals surface area (Å²) in [6, 6.07) is 13.4. The van der Waals surface area contributed by atoms with Gasteiger partial charge in [0.25, 0.3) is 10.0 Å². The van der Waals surface area contributed by atoms with Gasteiger partial charge in [0.2, 0.25) is 0 Å². The SMILES string of the molecule is CCCOc1ccc(NS(=O)(=O)c2cccc(Br)c2)cc1. The van der Waals surface area contributed by atoms with E-state index in [1.807, 2.05) is 6.92 Å². The van der Waals surface area contributed by atoms with Gasteiger partial charge in [0.05, 0.1) is 11.5 Å². The van der Waals surface area contributed by atoms with E-state index in [-0.39, 0.29) is 4.90 Å². The molecule has 0 saturated carbocycles. The van der Waals surface area contributed by atoms with Gasteiger partial charge in [-0.25, -0.2) is 8.42 Å². The lowest BCUT2D eigenvalue weighted by Crippen LogP contribution is -2.12. The molecule has 0 aromatic heterocycles. The highest BCUT2D eigenvalue weighted by Crippen LogP contribution is 2.21. The number of nitrogens with one attached hydrogen (secondary N) is 1. The number of hydrogen-bond donors (Lipinski definition) is 1. The van der Waals surface area contributed by atoms with Crippen molar-refractivity contribution in [2.24, 2.45) is 0 Å². The van der Waals surface area contributed by atoms with E-state index in [4.69, 9.17) is 4.74 Å². The zero-order valence-electron chi connectivity index (χ0n) is 11.5. The second-order valence-electron chi connectivity index (χ2n) is 4.44. The Morgan fingerprint density at radius 3 is 2.48 bits per heavy atom. The first kappa shape index (κ1) is 15.9. The van der Waals surface area contributed by atoms with Gasteiger partial charge in [0.15, 0.2) is 0 Å². The number of ether oxygens (including phenoxy) is 1. The van der Waals surface area contributed by atoms with Gasteiger partial charge in [-0.05, 0) is 48.9 Å². The summed E-state index contributed by atoms with van der Waals surface area (Å²) in [7, 11) is -3.59. The van der Waals surface area contributed by atoms with E-state index >= 15 is 0 Å². The molecular weight excluding hydrogens is 354 g/mol. The van der Waals surface area contributed by atoms with Crippen LogP contribution in [0.15, 0.2) is 57.9 Å². The Morgan fingerprint density at radius 2 is 1.86 bits per heavy atom. The fourth-order valence-electron chi connectivity index (χ4n) is 1.69. The third kappa shape index (κ3) is 4.47. The number of benzene rings is 2. The van der Waals surface area contributed by atoms with Gasteiger partial charge in [0, 0.05) is 10.2 Å². The van der Waals surface area contributed by atoms with Gasteiger partial charge in [-0.1, -0.05) is 28.9 Å². The number of rotatable bonds is 6. The summed E-state index contributed by atoms with van der Waals surface area (Å²) in [5, 5.41) is 0. The summed E-state index contributed by atoms with van der Waals surface area (Å²) in [6.07, 6.45) is 0.928. The van der Waals surface area contributed by atoms with Gasteiger partial charge >= 0.3 is 0 Å². The molecule has 112 valence electrons. The van der Waals surface area contributed by atoms with Gasteiger partial charge in [-0.3, -0.25) is 4.72 Å². The molecule has 0 saturated heterocycles. The van der Waals surface area contributed by atoms with Crippen molar-refractivity contribution in [1.29, 1.82) is 0 Å². The number of anilines is 1. The first-order valence-electron chi connectivity index (χ1n) is 6.52. The molecule has 6 heteroatoms. The Hall–Kier alpha value is -1.53. The van der Waals surface area contributed by atoms with Crippen LogP contribution in [-0.2, 0) is 10.0 Å². The molecule has 0 aliphatic rings. The first-order valence-corrected chi connectivity index (χ1v) is 8.80. The minimum Gasteiger partial charge on any atom is -0.494 e. The Kier molecular flexibility index (Phi) is 5.25. The van der Waals surface area contributed by atoms with Crippen molar-refractivity contribution in [3.8, 4) is 5.75 Å². The molecule has 0 atom stereocenters. The van der Waals surface area contributed by atoms with Crippen LogP contribution in [0.3, 0.4) is 0 Å². The number of hydrogen-bond acceptors (Lipinski definition) is 3. The molecule has 4 nitrogen and oxygen atoms in total. The van der Waals surface area contributed by atoms with Gasteiger partial charge in [-0.2, -0.15) is 0 Å². The maximum absolute atomic E-state index is 12.2. The number of halogens is 1. The molecule has 1 N–H and O–H groups in total. The molecule has 0 unspecified atom stereocenters. The van der Waals surface area contributed by atoms with Crippen LogP contribution in [0.1, 0.15) is 13.3 Å². The zero-order chi connectivity index (χ0) is 15.3. The molecular formula is C15H16BrNO3S. The smallest absolute Gasteiger partial charge is 0.261 e. The third-order valence-corrected chi connectivity index (χ3v) is 4.56. The molecule has 0 radical (unpaired) electrons. The predicted octanol–water partition coefficient (Wildman–Crippen LogP) is 4.04. The number of sulfonamides is 1. The quantitative estimate of drug-likeness (QED) is 0.835. The molecule has 2 rings (SSSR count). The molecule has 0 aliphatic carbocycles. The second kappa shape index (κ2) is 6.95. The predicted molar refractivity (Wildman–Crippen MR) is 87.2 cm³/mol. The van der Waals surface area contributed by atoms with Crippen LogP contribution in [0.4, 0.5) is 5.69 Å². The molecule has 0 fully saturated rings. The summed E-state index contributed by atoms with van der Waals surface area (Å²) >= 11 is 3.26. The van der Waals surface area contributed by atoms with E-state index in [0.717, 1.165) is 12.2 Å². The van der Waals surface area contributed by atoms with Gasteiger partial charge < -0.3 is 4.74 Å². The van der Waals surface area contributed by atoms with E-state index in [1.165, 1.54) is 0 Å². The topological polar surface area (TPSA) is 55.4 Å². The van der Waals surface area contributed by atoms with E-state index in [9.17, 15) is 8.42 Å². The third-order valence-electron chi connectivity index (χ3n) is 2.69. The lowest BCUT2D eigenvalue weighted by atomic mass is 10.3. The van der Waals surface area contributed by atoms with E-state index in [2.05, 4.69) is 20.7 Å². The molecule has 0 spiro atoms. The largest absolute Gasteiger partial charge is 0.494 e. The summed E-state index contributed by atoms with van der Waals surface area (Å²) in [4.78, 5) is 0.211. The molecule has 0 bridgehead atoms. The standard InChI is InChI=1S/C15H16BrNO3S/c1-2-10-20-14-8-6-13(7-9-14)17-21(18,19)15-5-3-4-12(16)11-15/h3-9,11,17H,2,10H2,1H3. The highest BCUT2D eigenvalue weighted by atomic mass is 79.9. The van der Waals surface area contributed by atoms with Crippen molar-refractivity contribution in [3.63, 3.8) is 0 Å². The highest BCUT2D eigenvalue weighted by molar-refractivity contribution is 9.10. The normalized spacial score (nSPS) is 11.1. The maximum atomic E-state index is 12.2. The second-order valence-corrected chi connectivity index (χ2v) is 7.03. The molecule has 0 heterocycles. The fraction of sp³-hybridized carbons (Fsp3) is 0.200. The van der Waals surface area contributed by atoms with Crippen molar-refractivity contribution < 1.29 is 13.2 Å². The van der Waals surface area contributed by atoms with E-state index < -0.39 is 10.0 Å². The lowest BCUT2D eigenvalue weighted by Gasteiger charge is -2.09. The minimum absolute atomic E-state index is 0.211. The van der Waals surface area contributed by atoms with Crippen LogP contribution < -0.4 is 9.46 Å². The lowest BCUT2D eigenvalue weighted by molar-refractivity contribution is 0.317. The van der Waals surface area contributed by atoms with Crippen LogP contribution in [0.5, 0.6) is 5.75 Å². The minimum atomic E-state index is -3.59. The summed E-state index contributed by atoms with van der Waals surface area (Å²) in [5.41, 5.74) is 0.499. The van der Waals surface area contributed by atoms with Crippen molar-refractivity contribution in [1.82, 2.24) is 0 Å². The van der Waals surface area contributed by atoms with Crippen LogP contribution in [-0.4, -0.2) is 15.0 Å². The van der Waals surface area contributed by atoms with E-state index in [0.29, 0.717) is 16.8 Å². The molecule has 0 amide bonds. The molecule has 0 aliphatic heterocycles. The van der Waals surface area contributed by atoms with Crippen LogP contribution in [0.2, 0.25) is 0 Å². The van der Waals surface area contributed by atoms with Crippen molar-refractivity contribution in [3.05, 3.63) is 53.0 Å². The van der Waals surface area contributed by atoms with Crippen molar-refractivity contribution in [2.45, 2.75) is 18.2 Å². The first-order chi connectivity index (χ1) is 10.0. The monoisotopic (exact) mass is 369 g/mol. The fourth-order valence-corrected chi connectivity index (χ4v) is 3.34. The average molecular weight is 370 g/mol. The summed E-state index contributed by atoms with van der Waals surface area (Å²) < 4.78 is 33.2. The van der Waals surface area contributed by atoms with Crippen molar-refractivity contribution >= 4 is 31.6 Å². The van der Waals surface area contributed by atoms with Gasteiger partial charge in [-0.15, -0.1) is 0 Å². The van der Waals surface area contributed by atoms with Gasteiger partial charge in [0.1, 0.15) is 5.75 Å². The van der Waals surface area contributed by atoms with Crippen molar-refractivity contribution in [2.75, 3.05) is 11.3 Å². The van der Waals surface area contributed by atoms with E-state index in [1.54, 1.807) is 48.5 Å². The van der Waals surface area contributed by atoms with Crippen LogP contribution >= 0.6 is 15.9 Å².